The number of carbonyl (C=O) groups excluding carboxylic acids is 2. The van der Waals surface area contributed by atoms with E-state index in [-0.39, 0.29) is 32.2 Å². The van der Waals surface area contributed by atoms with Gasteiger partial charge in [-0.15, -0.1) is 0 Å². The van der Waals surface area contributed by atoms with Crippen molar-refractivity contribution in [2.24, 2.45) is 0 Å². The molecule has 0 radical (unpaired) electrons. The van der Waals surface area contributed by atoms with Crippen LogP contribution in [-0.2, 0) is 33.3 Å². The second-order valence-corrected chi connectivity index (χ2v) is 23.0. The van der Waals surface area contributed by atoms with E-state index >= 15 is 0 Å². The fourth-order valence-electron chi connectivity index (χ4n) is 8.97. The van der Waals surface area contributed by atoms with Crippen molar-refractivity contribution in [1.29, 1.82) is 0 Å². The van der Waals surface area contributed by atoms with Gasteiger partial charge in [-0.1, -0.05) is 264 Å². The van der Waals surface area contributed by atoms with E-state index in [0.717, 1.165) is 109 Å². The molecule has 2 unspecified atom stereocenters. The molecule has 2 atom stereocenters. The third-order valence-electron chi connectivity index (χ3n) is 14.0. The maximum absolute atomic E-state index is 12.9. The standard InChI is InChI=1S/C72H123NO8/c1-6-8-10-12-14-16-18-20-22-24-26-28-30-32-33-34-35-36-37-39-40-42-44-46-48-50-52-54-56-58-60-62-69(74)79-66-68(67-80-72(71(76)77)78-65-64-73(3,4)5)81-70(75)63-61-59-57-55-53-51-49-47-45-43-41-38-31-29-27-25-23-21-19-17-15-13-11-9-7-2/h9,11,15,17-18,20-21,23-24,26-27,29-30,32,38,41,45,47,68,72H,6-8,10,12-14,16,19,22,25,28,31,33-37,39-40,42-44,46,48-67H2,1-5H3/p+1/b11-9-,17-15-,20-18-,23-21-,26-24-,29-27-,32-30-,41-38-,47-45-. The van der Waals surface area contributed by atoms with Gasteiger partial charge in [-0.2, -0.15) is 0 Å². The van der Waals surface area contributed by atoms with Gasteiger partial charge >= 0.3 is 17.9 Å². The first-order chi connectivity index (χ1) is 39.6. The minimum atomic E-state index is -1.52. The van der Waals surface area contributed by atoms with Crippen molar-refractivity contribution in [2.45, 2.75) is 283 Å². The summed E-state index contributed by atoms with van der Waals surface area (Å²) < 4.78 is 22.9. The molecule has 464 valence electrons. The number of allylic oxidation sites excluding steroid dienone is 18. The lowest BCUT2D eigenvalue weighted by Gasteiger charge is -2.25. The molecule has 0 saturated heterocycles. The van der Waals surface area contributed by atoms with Gasteiger partial charge in [-0.05, 0) is 103 Å². The lowest BCUT2D eigenvalue weighted by Crippen LogP contribution is -2.40. The van der Waals surface area contributed by atoms with Crippen LogP contribution >= 0.6 is 0 Å². The van der Waals surface area contributed by atoms with E-state index in [4.69, 9.17) is 18.9 Å². The molecular formula is C72H124NO8+. The number of likely N-dealkylation sites (N-methyl/N-ethyl adjacent to an activating group) is 1. The maximum Gasteiger partial charge on any atom is 0.361 e. The number of hydrogen-bond donors (Lipinski definition) is 1. The Labute approximate surface area is 498 Å². The lowest BCUT2D eigenvalue weighted by atomic mass is 10.0. The molecule has 0 spiro atoms. The molecule has 0 fully saturated rings. The number of quaternary nitrogens is 1. The van der Waals surface area contributed by atoms with Gasteiger partial charge in [-0.3, -0.25) is 9.59 Å². The number of nitrogens with zero attached hydrogens (tertiary/aromatic N) is 1. The number of esters is 2. The van der Waals surface area contributed by atoms with Crippen LogP contribution in [0.1, 0.15) is 271 Å². The summed E-state index contributed by atoms with van der Waals surface area (Å²) in [6.07, 6.45) is 83.3. The molecule has 0 aliphatic carbocycles. The third kappa shape index (κ3) is 63.4. The van der Waals surface area contributed by atoms with Crippen molar-refractivity contribution in [3.8, 4) is 0 Å². The fraction of sp³-hybridized carbons (Fsp3) is 0.708. The molecule has 0 saturated carbocycles. The van der Waals surface area contributed by atoms with E-state index < -0.39 is 24.3 Å². The summed E-state index contributed by atoms with van der Waals surface area (Å²) in [5, 5.41) is 9.73. The van der Waals surface area contributed by atoms with Crippen molar-refractivity contribution < 1.29 is 42.9 Å². The lowest BCUT2D eigenvalue weighted by molar-refractivity contribution is -0.870. The smallest absolute Gasteiger partial charge is 0.361 e. The van der Waals surface area contributed by atoms with Gasteiger partial charge in [0, 0.05) is 12.8 Å². The Kier molecular flexibility index (Phi) is 58.9. The average molecular weight is 1130 g/mol. The Morgan fingerprint density at radius 2 is 0.704 bits per heavy atom. The highest BCUT2D eigenvalue weighted by atomic mass is 16.7. The molecule has 9 nitrogen and oxygen atoms in total. The summed E-state index contributed by atoms with van der Waals surface area (Å²) in [5.41, 5.74) is 0. The monoisotopic (exact) mass is 1130 g/mol. The maximum atomic E-state index is 12.9. The molecule has 0 aliphatic rings. The summed E-state index contributed by atoms with van der Waals surface area (Å²) in [5.74, 6) is -2.03. The second-order valence-electron chi connectivity index (χ2n) is 23.0. The zero-order chi connectivity index (χ0) is 59.1. The van der Waals surface area contributed by atoms with Gasteiger partial charge in [-0.25, -0.2) is 4.79 Å². The molecule has 1 N–H and O–H groups in total. The molecule has 0 aromatic carbocycles. The van der Waals surface area contributed by atoms with Gasteiger partial charge in [0.2, 0.25) is 0 Å². The number of carboxylic acids is 1. The van der Waals surface area contributed by atoms with Crippen molar-refractivity contribution in [2.75, 3.05) is 47.5 Å². The zero-order valence-corrected chi connectivity index (χ0v) is 52.9. The number of hydrogen-bond acceptors (Lipinski definition) is 7. The highest BCUT2D eigenvalue weighted by molar-refractivity contribution is 5.71. The topological polar surface area (TPSA) is 108 Å². The summed E-state index contributed by atoms with van der Waals surface area (Å²) in [4.78, 5) is 37.6. The van der Waals surface area contributed by atoms with E-state index in [2.05, 4.69) is 123 Å². The predicted octanol–water partition coefficient (Wildman–Crippen LogP) is 20.2. The van der Waals surface area contributed by atoms with Crippen LogP contribution in [0.2, 0.25) is 0 Å². The van der Waals surface area contributed by atoms with E-state index in [1.807, 2.05) is 21.1 Å². The second kappa shape index (κ2) is 62.0. The first-order valence-electron chi connectivity index (χ1n) is 33.1. The van der Waals surface area contributed by atoms with Crippen molar-refractivity contribution in [3.63, 3.8) is 0 Å². The quantitative estimate of drug-likeness (QED) is 0.0211. The van der Waals surface area contributed by atoms with Crippen molar-refractivity contribution in [3.05, 3.63) is 109 Å². The highest BCUT2D eigenvalue weighted by Crippen LogP contribution is 2.16. The number of carbonyl (C=O) groups is 3. The molecule has 0 aromatic rings. The number of unbranched alkanes of at least 4 members (excludes halogenated alkanes) is 27. The molecule has 0 heterocycles. The third-order valence-corrected chi connectivity index (χ3v) is 14.0. The fourth-order valence-corrected chi connectivity index (χ4v) is 8.97. The summed E-state index contributed by atoms with van der Waals surface area (Å²) in [6.45, 7) is 4.74. The molecule has 9 heteroatoms. The SMILES string of the molecule is CC/C=C\C/C=C\C/C=C\C/C=C\C/C=C\C/C=C\CCCCCCCCC(=O)OC(COC(=O)CCCCCCCCCCCCCCCCCC/C=C\C/C=C\C/C=C\CCCCCCC)COC(OCC[N+](C)(C)C)C(=O)O. The van der Waals surface area contributed by atoms with Crippen LogP contribution in [0.3, 0.4) is 0 Å². The molecule has 0 amide bonds. The molecule has 81 heavy (non-hydrogen) atoms. The van der Waals surface area contributed by atoms with Crippen LogP contribution in [-0.4, -0.2) is 87.4 Å². The number of carboxylic acid groups (broad SMARTS) is 1. The molecule has 0 aromatic heterocycles. The largest absolute Gasteiger partial charge is 0.477 e. The van der Waals surface area contributed by atoms with Gasteiger partial charge in [0.15, 0.2) is 6.10 Å². The number of aliphatic carboxylic acids is 1. The van der Waals surface area contributed by atoms with Crippen LogP contribution < -0.4 is 0 Å². The van der Waals surface area contributed by atoms with Gasteiger partial charge < -0.3 is 28.5 Å². The van der Waals surface area contributed by atoms with Gasteiger partial charge in [0.05, 0.1) is 34.4 Å². The van der Waals surface area contributed by atoms with Gasteiger partial charge in [0.1, 0.15) is 13.2 Å². The van der Waals surface area contributed by atoms with E-state index in [1.54, 1.807) is 0 Å². The summed E-state index contributed by atoms with van der Waals surface area (Å²) in [7, 11) is 5.96. The van der Waals surface area contributed by atoms with Crippen LogP contribution in [0.15, 0.2) is 109 Å². The van der Waals surface area contributed by atoms with E-state index in [1.165, 1.54) is 128 Å². The average Bonchev–Trinajstić information content (AvgIpc) is 3.44. The Morgan fingerprint density at radius 1 is 0.383 bits per heavy atom. The van der Waals surface area contributed by atoms with E-state index in [0.29, 0.717) is 23.9 Å². The first kappa shape index (κ1) is 77.0. The Morgan fingerprint density at radius 3 is 1.05 bits per heavy atom. The summed E-state index contributed by atoms with van der Waals surface area (Å²) in [6, 6.07) is 0. The van der Waals surface area contributed by atoms with E-state index in [9.17, 15) is 19.5 Å². The minimum absolute atomic E-state index is 0.180. The number of rotatable bonds is 60. The molecule has 0 bridgehead atoms. The van der Waals surface area contributed by atoms with Crippen LogP contribution in [0.5, 0.6) is 0 Å². The highest BCUT2D eigenvalue weighted by Gasteiger charge is 2.25. The molecule has 0 rings (SSSR count). The van der Waals surface area contributed by atoms with Crippen molar-refractivity contribution >= 4 is 17.9 Å². The van der Waals surface area contributed by atoms with Gasteiger partial charge in [0.25, 0.3) is 6.29 Å². The predicted molar refractivity (Wildman–Crippen MR) is 345 cm³/mol. The van der Waals surface area contributed by atoms with Crippen LogP contribution in [0, 0.1) is 0 Å². The Balaban J connectivity index is 4.19. The molecular weight excluding hydrogens is 1010 g/mol. The molecule has 0 aliphatic heterocycles. The van der Waals surface area contributed by atoms with Crippen LogP contribution in [0.25, 0.3) is 0 Å². The Hall–Kier alpha value is -4.05. The first-order valence-corrected chi connectivity index (χ1v) is 33.1. The Bertz CT molecular complexity index is 1700. The number of ether oxygens (including phenoxy) is 4. The van der Waals surface area contributed by atoms with Crippen LogP contribution in [0.4, 0.5) is 0 Å². The normalized spacial score (nSPS) is 13.4. The summed E-state index contributed by atoms with van der Waals surface area (Å²) >= 11 is 0. The zero-order valence-electron chi connectivity index (χ0n) is 52.9. The minimum Gasteiger partial charge on any atom is -0.477 e. The van der Waals surface area contributed by atoms with Crippen molar-refractivity contribution in [1.82, 2.24) is 0 Å².